The van der Waals surface area contributed by atoms with Crippen LogP contribution in [0, 0.1) is 6.92 Å². The second-order valence-corrected chi connectivity index (χ2v) is 4.81. The average Bonchev–Trinajstić information content (AvgIpc) is 2.41. The van der Waals surface area contributed by atoms with Gasteiger partial charge in [-0.1, -0.05) is 13.8 Å². The largest absolute Gasteiger partial charge is 0.504 e. The maximum Gasteiger partial charge on any atom is 0.336 e. The standard InChI is InChI=1S/C15H19NO4/c1-4-16(5-2)8-11-14(19)12(17)7-10-9(3)6-13(18)20-15(10)11/h6-7,17,19H,4-5,8H2,1-3H3. The van der Waals surface area contributed by atoms with Crippen molar-refractivity contribution in [2.75, 3.05) is 13.1 Å². The number of hydrogen-bond acceptors (Lipinski definition) is 5. The number of rotatable bonds is 4. The molecule has 0 aliphatic heterocycles. The van der Waals surface area contributed by atoms with Gasteiger partial charge >= 0.3 is 5.63 Å². The van der Waals surface area contributed by atoms with Crippen LogP contribution < -0.4 is 5.63 Å². The Labute approximate surface area is 117 Å². The second kappa shape index (κ2) is 5.54. The highest BCUT2D eigenvalue weighted by atomic mass is 16.4. The van der Waals surface area contributed by atoms with Gasteiger partial charge in [-0.2, -0.15) is 0 Å². The molecule has 2 rings (SSSR count). The lowest BCUT2D eigenvalue weighted by atomic mass is 10.0. The lowest BCUT2D eigenvalue weighted by Crippen LogP contribution is -2.22. The van der Waals surface area contributed by atoms with Crippen molar-refractivity contribution in [1.82, 2.24) is 4.90 Å². The summed E-state index contributed by atoms with van der Waals surface area (Å²) in [6, 6.07) is 2.80. The zero-order valence-electron chi connectivity index (χ0n) is 11.9. The van der Waals surface area contributed by atoms with Gasteiger partial charge < -0.3 is 14.6 Å². The van der Waals surface area contributed by atoms with E-state index >= 15 is 0 Å². The third kappa shape index (κ3) is 2.49. The molecule has 0 bridgehead atoms. The molecule has 2 aromatic rings. The van der Waals surface area contributed by atoms with Crippen LogP contribution in [0.15, 0.2) is 21.3 Å². The molecule has 0 fully saturated rings. The first kappa shape index (κ1) is 14.4. The predicted molar refractivity (Wildman–Crippen MR) is 77.2 cm³/mol. The number of fused-ring (bicyclic) bond motifs is 1. The molecule has 0 spiro atoms. The van der Waals surface area contributed by atoms with Crippen molar-refractivity contribution in [3.63, 3.8) is 0 Å². The molecule has 108 valence electrons. The summed E-state index contributed by atoms with van der Waals surface area (Å²) in [5, 5.41) is 20.6. The number of phenols is 2. The van der Waals surface area contributed by atoms with Gasteiger partial charge in [0.05, 0.1) is 5.56 Å². The van der Waals surface area contributed by atoms with Gasteiger partial charge in [-0.15, -0.1) is 0 Å². The van der Waals surface area contributed by atoms with E-state index in [4.69, 9.17) is 4.42 Å². The Kier molecular flexibility index (Phi) is 3.99. The predicted octanol–water partition coefficient (Wildman–Crippen LogP) is 2.35. The van der Waals surface area contributed by atoms with Crippen molar-refractivity contribution in [3.05, 3.63) is 33.7 Å². The van der Waals surface area contributed by atoms with E-state index in [2.05, 4.69) is 4.90 Å². The van der Waals surface area contributed by atoms with Gasteiger partial charge in [0.1, 0.15) is 5.58 Å². The van der Waals surface area contributed by atoms with Crippen LogP contribution in [0.25, 0.3) is 11.0 Å². The molecule has 0 amide bonds. The van der Waals surface area contributed by atoms with Crippen molar-refractivity contribution in [2.24, 2.45) is 0 Å². The van der Waals surface area contributed by atoms with Crippen molar-refractivity contribution < 1.29 is 14.6 Å². The fourth-order valence-corrected chi connectivity index (χ4v) is 2.31. The maximum atomic E-state index is 11.6. The quantitative estimate of drug-likeness (QED) is 0.663. The van der Waals surface area contributed by atoms with Gasteiger partial charge in [-0.05, 0) is 31.6 Å². The molecule has 0 saturated carbocycles. The number of nitrogens with zero attached hydrogens (tertiary/aromatic N) is 1. The molecule has 0 unspecified atom stereocenters. The minimum absolute atomic E-state index is 0.198. The number of phenolic OH excluding ortho intramolecular Hbond substituents is 2. The highest BCUT2D eigenvalue weighted by molar-refractivity contribution is 5.87. The van der Waals surface area contributed by atoms with Crippen LogP contribution >= 0.6 is 0 Å². The summed E-state index contributed by atoms with van der Waals surface area (Å²) in [4.78, 5) is 13.6. The van der Waals surface area contributed by atoms with Gasteiger partial charge in [-0.25, -0.2) is 4.79 Å². The van der Waals surface area contributed by atoms with E-state index in [1.54, 1.807) is 6.92 Å². The first-order valence-corrected chi connectivity index (χ1v) is 6.68. The maximum absolute atomic E-state index is 11.6. The molecule has 0 radical (unpaired) electrons. The van der Waals surface area contributed by atoms with Crippen molar-refractivity contribution in [2.45, 2.75) is 27.3 Å². The van der Waals surface area contributed by atoms with Gasteiger partial charge in [0.25, 0.3) is 0 Å². The smallest absolute Gasteiger partial charge is 0.336 e. The highest BCUT2D eigenvalue weighted by Gasteiger charge is 2.18. The molecule has 5 nitrogen and oxygen atoms in total. The molecular weight excluding hydrogens is 258 g/mol. The van der Waals surface area contributed by atoms with Gasteiger partial charge in [-0.3, -0.25) is 4.90 Å². The Balaban J connectivity index is 2.73. The summed E-state index contributed by atoms with van der Waals surface area (Å²) in [7, 11) is 0. The third-order valence-electron chi connectivity index (χ3n) is 3.57. The van der Waals surface area contributed by atoms with E-state index in [1.807, 2.05) is 13.8 Å². The van der Waals surface area contributed by atoms with E-state index in [0.29, 0.717) is 28.6 Å². The zero-order valence-corrected chi connectivity index (χ0v) is 11.9. The molecule has 0 saturated heterocycles. The summed E-state index contributed by atoms with van der Waals surface area (Å²) >= 11 is 0. The zero-order chi connectivity index (χ0) is 14.9. The normalized spacial score (nSPS) is 11.4. The van der Waals surface area contributed by atoms with Crippen LogP contribution in [0.5, 0.6) is 11.5 Å². The molecule has 1 heterocycles. The molecule has 0 atom stereocenters. The molecule has 0 aliphatic carbocycles. The number of hydrogen-bond donors (Lipinski definition) is 2. The van der Waals surface area contributed by atoms with E-state index < -0.39 is 5.63 Å². The van der Waals surface area contributed by atoms with Crippen LogP contribution in [0.4, 0.5) is 0 Å². The molecule has 1 aromatic carbocycles. The van der Waals surface area contributed by atoms with E-state index in [1.165, 1.54) is 12.1 Å². The van der Waals surface area contributed by atoms with E-state index in [0.717, 1.165) is 13.1 Å². The third-order valence-corrected chi connectivity index (χ3v) is 3.57. The fraction of sp³-hybridized carbons (Fsp3) is 0.400. The van der Waals surface area contributed by atoms with E-state index in [9.17, 15) is 15.0 Å². The average molecular weight is 277 g/mol. The minimum Gasteiger partial charge on any atom is -0.504 e. The van der Waals surface area contributed by atoms with Crippen LogP contribution in [0.1, 0.15) is 25.0 Å². The number of aromatic hydroxyl groups is 2. The summed E-state index contributed by atoms with van der Waals surface area (Å²) in [5.41, 5.74) is 1.05. The van der Waals surface area contributed by atoms with Crippen molar-refractivity contribution in [1.29, 1.82) is 0 Å². The van der Waals surface area contributed by atoms with Crippen LogP contribution in [-0.2, 0) is 6.54 Å². The first-order chi connectivity index (χ1) is 9.47. The molecule has 0 aliphatic rings. The number of benzene rings is 1. The SMILES string of the molecule is CCN(CC)Cc1c(O)c(O)cc2c(C)cc(=O)oc12. The Morgan fingerprint density at radius 3 is 2.45 bits per heavy atom. The van der Waals surface area contributed by atoms with Crippen molar-refractivity contribution in [3.8, 4) is 11.5 Å². The summed E-state index contributed by atoms with van der Waals surface area (Å²) < 4.78 is 5.25. The van der Waals surface area contributed by atoms with Crippen LogP contribution in [0.3, 0.4) is 0 Å². The molecular formula is C15H19NO4. The second-order valence-electron chi connectivity index (χ2n) is 4.81. The summed E-state index contributed by atoms with van der Waals surface area (Å²) in [6.45, 7) is 7.79. The molecule has 2 N–H and O–H groups in total. The fourth-order valence-electron chi connectivity index (χ4n) is 2.31. The molecule has 20 heavy (non-hydrogen) atoms. The highest BCUT2D eigenvalue weighted by Crippen LogP contribution is 2.37. The van der Waals surface area contributed by atoms with Gasteiger partial charge in [0.15, 0.2) is 11.5 Å². The van der Waals surface area contributed by atoms with Crippen LogP contribution in [-0.4, -0.2) is 28.2 Å². The van der Waals surface area contributed by atoms with Crippen LogP contribution in [0.2, 0.25) is 0 Å². The Bertz CT molecular complexity index is 686. The van der Waals surface area contributed by atoms with E-state index in [-0.39, 0.29) is 11.5 Å². The Hall–Kier alpha value is -2.01. The van der Waals surface area contributed by atoms with Gasteiger partial charge in [0, 0.05) is 18.0 Å². The monoisotopic (exact) mass is 277 g/mol. The summed E-state index contributed by atoms with van der Waals surface area (Å²) in [5.74, 6) is -0.422. The Morgan fingerprint density at radius 2 is 1.85 bits per heavy atom. The Morgan fingerprint density at radius 1 is 1.20 bits per heavy atom. The molecule has 5 heteroatoms. The lowest BCUT2D eigenvalue weighted by Gasteiger charge is -2.20. The number of aryl methyl sites for hydroxylation is 1. The lowest BCUT2D eigenvalue weighted by molar-refractivity contribution is 0.288. The summed E-state index contributed by atoms with van der Waals surface area (Å²) in [6.07, 6.45) is 0. The first-order valence-electron chi connectivity index (χ1n) is 6.68. The van der Waals surface area contributed by atoms with Crippen molar-refractivity contribution >= 4 is 11.0 Å². The molecule has 1 aromatic heterocycles. The topological polar surface area (TPSA) is 73.9 Å². The van der Waals surface area contributed by atoms with Gasteiger partial charge in [0.2, 0.25) is 0 Å². The minimum atomic E-state index is -0.458.